The Balaban J connectivity index is 1.81. The molecule has 0 unspecified atom stereocenters. The summed E-state index contributed by atoms with van der Waals surface area (Å²) in [5, 5.41) is 6.74. The van der Waals surface area contributed by atoms with E-state index in [9.17, 15) is 14.4 Å². The fourth-order valence-electron chi connectivity index (χ4n) is 2.75. The molecule has 2 aromatic carbocycles. The standard InChI is InChI=1S/C19H18N4O5/c1-10-14(27-2)8-11(9-15(10)28-3)17(24)21-23-19(26)16-12-6-4-5-7-13(12)18(25)22-20-16/h4-9H,1-3H3,(H,21,24)(H,22,25)(H,23,26). The van der Waals surface area contributed by atoms with Gasteiger partial charge in [0.15, 0.2) is 5.69 Å². The Hall–Kier alpha value is -3.88. The molecule has 0 atom stereocenters. The number of ether oxygens (including phenoxy) is 2. The molecule has 0 aliphatic carbocycles. The molecule has 0 saturated heterocycles. The van der Waals surface area contributed by atoms with E-state index in [0.717, 1.165) is 5.56 Å². The zero-order valence-corrected chi connectivity index (χ0v) is 15.5. The molecular weight excluding hydrogens is 364 g/mol. The fraction of sp³-hybridized carbons (Fsp3) is 0.158. The van der Waals surface area contributed by atoms with Crippen LogP contribution < -0.4 is 25.9 Å². The number of hydrogen-bond donors (Lipinski definition) is 3. The summed E-state index contributed by atoms with van der Waals surface area (Å²) >= 11 is 0. The molecule has 0 saturated carbocycles. The molecule has 0 spiro atoms. The van der Waals surface area contributed by atoms with Crippen LogP contribution in [0.4, 0.5) is 0 Å². The van der Waals surface area contributed by atoms with Crippen LogP contribution in [0, 0.1) is 6.92 Å². The summed E-state index contributed by atoms with van der Waals surface area (Å²) in [5.41, 5.74) is 5.16. The van der Waals surface area contributed by atoms with Crippen LogP contribution in [0.3, 0.4) is 0 Å². The second kappa shape index (κ2) is 7.78. The maximum Gasteiger partial charge on any atom is 0.290 e. The number of hydrogen-bond acceptors (Lipinski definition) is 6. The minimum absolute atomic E-state index is 0.0189. The molecule has 3 N–H and O–H groups in total. The van der Waals surface area contributed by atoms with Crippen LogP contribution in [0.2, 0.25) is 0 Å². The van der Waals surface area contributed by atoms with Gasteiger partial charge in [0.25, 0.3) is 17.4 Å². The average molecular weight is 382 g/mol. The summed E-state index contributed by atoms with van der Waals surface area (Å²) in [4.78, 5) is 36.7. The number of carbonyl (C=O) groups excluding carboxylic acids is 2. The molecule has 3 aromatic rings. The molecule has 0 aliphatic rings. The SMILES string of the molecule is COc1cc(C(=O)NNC(=O)c2n[nH]c(=O)c3ccccc23)cc(OC)c1C. The second-order valence-electron chi connectivity index (χ2n) is 5.86. The summed E-state index contributed by atoms with van der Waals surface area (Å²) in [7, 11) is 2.97. The van der Waals surface area contributed by atoms with Crippen molar-refractivity contribution < 1.29 is 19.1 Å². The molecule has 0 bridgehead atoms. The van der Waals surface area contributed by atoms with Gasteiger partial charge in [-0.2, -0.15) is 5.10 Å². The first-order valence-corrected chi connectivity index (χ1v) is 8.27. The van der Waals surface area contributed by atoms with Crippen LogP contribution in [0.15, 0.2) is 41.2 Å². The number of fused-ring (bicyclic) bond motifs is 1. The molecule has 9 nitrogen and oxygen atoms in total. The van der Waals surface area contributed by atoms with E-state index < -0.39 is 17.4 Å². The third-order valence-electron chi connectivity index (χ3n) is 4.22. The molecule has 0 fully saturated rings. The number of nitrogens with one attached hydrogen (secondary N) is 3. The number of hydrazine groups is 1. The van der Waals surface area contributed by atoms with Gasteiger partial charge in [-0.25, -0.2) is 5.10 Å². The lowest BCUT2D eigenvalue weighted by Crippen LogP contribution is -2.42. The summed E-state index contributed by atoms with van der Waals surface area (Å²) in [6.07, 6.45) is 0. The number of aromatic amines is 1. The molecule has 144 valence electrons. The maximum atomic E-state index is 12.4. The van der Waals surface area contributed by atoms with Gasteiger partial charge < -0.3 is 9.47 Å². The summed E-state index contributed by atoms with van der Waals surface area (Å²) in [6.45, 7) is 1.80. The van der Waals surface area contributed by atoms with E-state index in [1.807, 2.05) is 0 Å². The molecule has 3 rings (SSSR count). The molecule has 0 radical (unpaired) electrons. The second-order valence-corrected chi connectivity index (χ2v) is 5.86. The van der Waals surface area contributed by atoms with Crippen LogP contribution in [0.5, 0.6) is 11.5 Å². The van der Waals surface area contributed by atoms with Gasteiger partial charge >= 0.3 is 0 Å². The molecule has 2 amide bonds. The largest absolute Gasteiger partial charge is 0.496 e. The third kappa shape index (κ3) is 3.50. The summed E-state index contributed by atoms with van der Waals surface area (Å²) in [6, 6.07) is 9.61. The Morgan fingerprint density at radius 1 is 0.964 bits per heavy atom. The first-order chi connectivity index (χ1) is 13.5. The smallest absolute Gasteiger partial charge is 0.290 e. The number of aromatic nitrogens is 2. The Morgan fingerprint density at radius 2 is 1.54 bits per heavy atom. The molecule has 1 heterocycles. The topological polar surface area (TPSA) is 122 Å². The Bertz CT molecular complexity index is 1100. The van der Waals surface area contributed by atoms with Crippen LogP contribution in [0.25, 0.3) is 10.8 Å². The summed E-state index contributed by atoms with van der Waals surface area (Å²) in [5.74, 6) is -0.293. The van der Waals surface area contributed by atoms with Crippen molar-refractivity contribution in [3.8, 4) is 11.5 Å². The van der Waals surface area contributed by atoms with Crippen molar-refractivity contribution in [1.82, 2.24) is 21.0 Å². The normalized spacial score (nSPS) is 10.4. The monoisotopic (exact) mass is 382 g/mol. The van der Waals surface area contributed by atoms with Crippen LogP contribution in [-0.4, -0.2) is 36.2 Å². The van der Waals surface area contributed by atoms with E-state index in [0.29, 0.717) is 22.3 Å². The van der Waals surface area contributed by atoms with Gasteiger partial charge in [0, 0.05) is 16.5 Å². The highest BCUT2D eigenvalue weighted by molar-refractivity contribution is 6.06. The van der Waals surface area contributed by atoms with Crippen molar-refractivity contribution in [2.45, 2.75) is 6.92 Å². The summed E-state index contributed by atoms with van der Waals surface area (Å²) < 4.78 is 10.5. The van der Waals surface area contributed by atoms with Crippen molar-refractivity contribution >= 4 is 22.6 Å². The van der Waals surface area contributed by atoms with Crippen molar-refractivity contribution in [3.05, 3.63) is 63.6 Å². The van der Waals surface area contributed by atoms with Crippen LogP contribution in [0.1, 0.15) is 26.4 Å². The number of carbonyl (C=O) groups is 2. The molecule has 1 aromatic heterocycles. The lowest BCUT2D eigenvalue weighted by molar-refractivity contribution is 0.0844. The van der Waals surface area contributed by atoms with Crippen LogP contribution >= 0.6 is 0 Å². The van der Waals surface area contributed by atoms with E-state index in [1.165, 1.54) is 26.4 Å². The Kier molecular flexibility index (Phi) is 5.25. The molecule has 9 heteroatoms. The number of H-pyrrole nitrogens is 1. The van der Waals surface area contributed by atoms with Gasteiger partial charge in [-0.05, 0) is 25.1 Å². The quantitative estimate of drug-likeness (QED) is 0.585. The van der Waals surface area contributed by atoms with Gasteiger partial charge in [0.1, 0.15) is 11.5 Å². The fourth-order valence-corrected chi connectivity index (χ4v) is 2.75. The van der Waals surface area contributed by atoms with Crippen molar-refractivity contribution in [1.29, 1.82) is 0 Å². The Labute approximate surface area is 159 Å². The van der Waals surface area contributed by atoms with Crippen molar-refractivity contribution in [2.75, 3.05) is 14.2 Å². The first-order valence-electron chi connectivity index (χ1n) is 8.27. The van der Waals surface area contributed by atoms with Gasteiger partial charge in [0.05, 0.1) is 19.6 Å². The van der Waals surface area contributed by atoms with Gasteiger partial charge in [0.2, 0.25) is 0 Å². The number of methoxy groups -OCH3 is 2. The average Bonchev–Trinajstić information content (AvgIpc) is 2.72. The zero-order valence-electron chi connectivity index (χ0n) is 15.5. The zero-order chi connectivity index (χ0) is 20.3. The minimum atomic E-state index is -0.674. The number of rotatable bonds is 4. The number of amides is 2. The highest BCUT2D eigenvalue weighted by atomic mass is 16.5. The Morgan fingerprint density at radius 3 is 2.14 bits per heavy atom. The van der Waals surface area contributed by atoms with Gasteiger partial charge in [-0.1, -0.05) is 18.2 Å². The van der Waals surface area contributed by atoms with Crippen LogP contribution in [-0.2, 0) is 0 Å². The maximum absolute atomic E-state index is 12.4. The lowest BCUT2D eigenvalue weighted by Gasteiger charge is -2.13. The van der Waals surface area contributed by atoms with E-state index in [-0.39, 0.29) is 11.3 Å². The molecule has 0 aliphatic heterocycles. The highest BCUT2D eigenvalue weighted by Crippen LogP contribution is 2.29. The van der Waals surface area contributed by atoms with E-state index in [1.54, 1.807) is 31.2 Å². The van der Waals surface area contributed by atoms with Crippen molar-refractivity contribution in [3.63, 3.8) is 0 Å². The van der Waals surface area contributed by atoms with Gasteiger partial charge in [-0.15, -0.1) is 0 Å². The lowest BCUT2D eigenvalue weighted by atomic mass is 10.1. The van der Waals surface area contributed by atoms with E-state index >= 15 is 0 Å². The highest BCUT2D eigenvalue weighted by Gasteiger charge is 2.17. The van der Waals surface area contributed by atoms with Crippen molar-refractivity contribution in [2.24, 2.45) is 0 Å². The molecule has 28 heavy (non-hydrogen) atoms. The predicted molar refractivity (Wildman–Crippen MR) is 102 cm³/mol. The van der Waals surface area contributed by atoms with E-state index in [2.05, 4.69) is 21.0 Å². The van der Waals surface area contributed by atoms with E-state index in [4.69, 9.17) is 9.47 Å². The third-order valence-corrected chi connectivity index (χ3v) is 4.22. The van der Waals surface area contributed by atoms with Gasteiger partial charge in [-0.3, -0.25) is 25.2 Å². The number of nitrogens with zero attached hydrogens (tertiary/aromatic N) is 1. The number of benzene rings is 2. The first kappa shape index (κ1) is 18.9. The minimum Gasteiger partial charge on any atom is -0.496 e. The predicted octanol–water partition coefficient (Wildman–Crippen LogP) is 1.32. The molecular formula is C19H18N4O5.